The zero-order valence-corrected chi connectivity index (χ0v) is 16.1. The maximum Gasteiger partial charge on any atom is 0.337 e. The van der Waals surface area contributed by atoms with Crippen molar-refractivity contribution < 1.29 is 14.3 Å². The number of amides is 1. The molecule has 2 aromatic rings. The molecule has 3 rings (SSSR count). The average molecular weight is 366 g/mol. The molecule has 1 saturated heterocycles. The summed E-state index contributed by atoms with van der Waals surface area (Å²) in [5.41, 5.74) is 3.84. The van der Waals surface area contributed by atoms with E-state index in [0.29, 0.717) is 18.7 Å². The highest BCUT2D eigenvalue weighted by atomic mass is 16.5. The third-order valence-corrected chi connectivity index (χ3v) is 5.20. The molecule has 0 bridgehead atoms. The van der Waals surface area contributed by atoms with E-state index < -0.39 is 0 Å². The number of methoxy groups -OCH3 is 1. The Morgan fingerprint density at radius 3 is 2.26 bits per heavy atom. The Hall–Kier alpha value is -2.66. The van der Waals surface area contributed by atoms with Crippen LogP contribution >= 0.6 is 0 Å². The van der Waals surface area contributed by atoms with Crippen molar-refractivity contribution in [3.05, 3.63) is 65.2 Å². The van der Waals surface area contributed by atoms with Gasteiger partial charge in [-0.25, -0.2) is 4.79 Å². The first-order chi connectivity index (χ1) is 13.0. The van der Waals surface area contributed by atoms with Gasteiger partial charge in [0.2, 0.25) is 5.91 Å². The summed E-state index contributed by atoms with van der Waals surface area (Å²) in [6.45, 7) is 6.24. The number of aryl methyl sites for hydroxylation is 1. The van der Waals surface area contributed by atoms with Gasteiger partial charge in [-0.3, -0.25) is 9.69 Å². The highest BCUT2D eigenvalue weighted by Gasteiger charge is 2.32. The van der Waals surface area contributed by atoms with Gasteiger partial charge in [0.1, 0.15) is 0 Å². The molecule has 2 aromatic carbocycles. The van der Waals surface area contributed by atoms with Gasteiger partial charge in [0.15, 0.2) is 0 Å². The first-order valence-corrected chi connectivity index (χ1v) is 9.35. The average Bonchev–Trinajstić information content (AvgIpc) is 2.71. The van der Waals surface area contributed by atoms with Crippen LogP contribution in [0.1, 0.15) is 35.3 Å². The molecule has 0 saturated carbocycles. The number of benzene rings is 2. The van der Waals surface area contributed by atoms with Crippen LogP contribution in [-0.4, -0.2) is 43.0 Å². The van der Waals surface area contributed by atoms with Crippen LogP contribution in [0, 0.1) is 0 Å². The summed E-state index contributed by atoms with van der Waals surface area (Å²) in [4.78, 5) is 28.5. The molecule has 5 heteroatoms. The smallest absolute Gasteiger partial charge is 0.337 e. The number of anilines is 1. The lowest BCUT2D eigenvalue weighted by Crippen LogP contribution is -2.55. The molecule has 1 amide bonds. The van der Waals surface area contributed by atoms with Crippen LogP contribution in [0.4, 0.5) is 5.69 Å². The van der Waals surface area contributed by atoms with Crippen molar-refractivity contribution in [2.75, 3.05) is 25.1 Å². The molecule has 0 spiro atoms. The van der Waals surface area contributed by atoms with Crippen LogP contribution in [0.15, 0.2) is 48.5 Å². The molecule has 1 atom stereocenters. The standard InChI is InChI=1S/C22H26N2O3/c1-4-17-7-11-20(12-8-17)24-14-13-23(16(2)21(24)25)15-18-5-9-19(10-6-18)22(26)27-3/h5-12,16H,4,13-15H2,1-3H3. The maximum absolute atomic E-state index is 12.9. The summed E-state index contributed by atoms with van der Waals surface area (Å²) in [7, 11) is 1.37. The van der Waals surface area contributed by atoms with E-state index in [0.717, 1.165) is 24.2 Å². The lowest BCUT2D eigenvalue weighted by molar-refractivity contribution is -0.125. The lowest BCUT2D eigenvalue weighted by Gasteiger charge is -2.39. The van der Waals surface area contributed by atoms with Crippen LogP contribution in [0.25, 0.3) is 0 Å². The number of hydrogen-bond donors (Lipinski definition) is 0. The van der Waals surface area contributed by atoms with E-state index >= 15 is 0 Å². The van der Waals surface area contributed by atoms with E-state index in [1.807, 2.05) is 36.1 Å². The monoisotopic (exact) mass is 366 g/mol. The molecular formula is C22H26N2O3. The van der Waals surface area contributed by atoms with Gasteiger partial charge in [-0.15, -0.1) is 0 Å². The fourth-order valence-electron chi connectivity index (χ4n) is 3.40. The SMILES string of the molecule is CCc1ccc(N2CCN(Cc3ccc(C(=O)OC)cc3)C(C)C2=O)cc1. The summed E-state index contributed by atoms with van der Waals surface area (Å²) < 4.78 is 4.73. The second kappa shape index (κ2) is 8.35. The minimum atomic E-state index is -0.340. The lowest BCUT2D eigenvalue weighted by atomic mass is 10.1. The summed E-state index contributed by atoms with van der Waals surface area (Å²) >= 11 is 0. The van der Waals surface area contributed by atoms with Gasteiger partial charge in [0.25, 0.3) is 0 Å². The van der Waals surface area contributed by atoms with Gasteiger partial charge in [-0.05, 0) is 48.7 Å². The largest absolute Gasteiger partial charge is 0.465 e. The summed E-state index contributed by atoms with van der Waals surface area (Å²) in [5, 5.41) is 0. The Kier molecular flexibility index (Phi) is 5.91. The predicted octanol–water partition coefficient (Wildman–Crippen LogP) is 3.27. The van der Waals surface area contributed by atoms with E-state index in [4.69, 9.17) is 4.74 Å². The van der Waals surface area contributed by atoms with Crippen molar-refractivity contribution >= 4 is 17.6 Å². The van der Waals surface area contributed by atoms with E-state index in [1.54, 1.807) is 12.1 Å². The molecular weight excluding hydrogens is 340 g/mol. The molecule has 0 aromatic heterocycles. The Bertz CT molecular complexity index is 799. The van der Waals surface area contributed by atoms with Crippen molar-refractivity contribution in [2.45, 2.75) is 32.9 Å². The molecule has 1 heterocycles. The van der Waals surface area contributed by atoms with Gasteiger partial charge >= 0.3 is 5.97 Å². The second-order valence-electron chi connectivity index (χ2n) is 6.84. The number of hydrogen-bond acceptors (Lipinski definition) is 4. The fourth-order valence-corrected chi connectivity index (χ4v) is 3.40. The maximum atomic E-state index is 12.9. The van der Waals surface area contributed by atoms with E-state index in [9.17, 15) is 9.59 Å². The molecule has 1 unspecified atom stereocenters. The highest BCUT2D eigenvalue weighted by molar-refractivity contribution is 5.97. The number of carbonyl (C=O) groups is 2. The van der Waals surface area contributed by atoms with Crippen LogP contribution in [0.5, 0.6) is 0 Å². The summed E-state index contributed by atoms with van der Waals surface area (Å²) in [5.74, 6) is -0.218. The number of nitrogens with zero attached hydrogens (tertiary/aromatic N) is 2. The Labute approximate surface area is 160 Å². The van der Waals surface area contributed by atoms with Crippen LogP contribution in [0.2, 0.25) is 0 Å². The Morgan fingerprint density at radius 2 is 1.67 bits per heavy atom. The molecule has 142 valence electrons. The predicted molar refractivity (Wildman–Crippen MR) is 106 cm³/mol. The fraction of sp³-hybridized carbons (Fsp3) is 0.364. The van der Waals surface area contributed by atoms with Gasteiger partial charge in [-0.2, -0.15) is 0 Å². The number of carbonyl (C=O) groups excluding carboxylic acids is 2. The van der Waals surface area contributed by atoms with Crippen molar-refractivity contribution in [1.29, 1.82) is 0 Å². The van der Waals surface area contributed by atoms with E-state index in [-0.39, 0.29) is 17.9 Å². The molecule has 0 N–H and O–H groups in total. The second-order valence-corrected chi connectivity index (χ2v) is 6.84. The first-order valence-electron chi connectivity index (χ1n) is 9.35. The van der Waals surface area contributed by atoms with E-state index in [2.05, 4.69) is 24.0 Å². The van der Waals surface area contributed by atoms with Crippen molar-refractivity contribution in [2.24, 2.45) is 0 Å². The Balaban J connectivity index is 1.66. The number of ether oxygens (including phenoxy) is 1. The Morgan fingerprint density at radius 1 is 1.04 bits per heavy atom. The van der Waals surface area contributed by atoms with Crippen molar-refractivity contribution in [3.63, 3.8) is 0 Å². The van der Waals surface area contributed by atoms with E-state index in [1.165, 1.54) is 12.7 Å². The number of piperazine rings is 1. The topological polar surface area (TPSA) is 49.9 Å². The third kappa shape index (κ3) is 4.19. The summed E-state index contributed by atoms with van der Waals surface area (Å²) in [6.07, 6.45) is 0.993. The van der Waals surface area contributed by atoms with Crippen molar-refractivity contribution in [3.8, 4) is 0 Å². The van der Waals surface area contributed by atoms with Gasteiger partial charge < -0.3 is 9.64 Å². The molecule has 1 aliphatic heterocycles. The summed E-state index contributed by atoms with van der Waals surface area (Å²) in [6, 6.07) is 15.4. The number of rotatable bonds is 5. The quantitative estimate of drug-likeness (QED) is 0.762. The minimum Gasteiger partial charge on any atom is -0.465 e. The normalized spacial score (nSPS) is 17.8. The van der Waals surface area contributed by atoms with Crippen LogP contribution in [0.3, 0.4) is 0 Å². The molecule has 27 heavy (non-hydrogen) atoms. The number of esters is 1. The zero-order chi connectivity index (χ0) is 19.4. The molecule has 5 nitrogen and oxygen atoms in total. The van der Waals surface area contributed by atoms with Crippen molar-refractivity contribution in [1.82, 2.24) is 4.90 Å². The zero-order valence-electron chi connectivity index (χ0n) is 16.1. The molecule has 1 aliphatic rings. The van der Waals surface area contributed by atoms with Gasteiger partial charge in [0.05, 0.1) is 18.7 Å². The minimum absolute atomic E-state index is 0.122. The molecule has 0 aliphatic carbocycles. The molecule has 1 fully saturated rings. The molecule has 0 radical (unpaired) electrons. The van der Waals surface area contributed by atoms with Crippen LogP contribution < -0.4 is 4.90 Å². The van der Waals surface area contributed by atoms with Crippen LogP contribution in [-0.2, 0) is 22.5 Å². The first kappa shape index (κ1) is 19.1. The highest BCUT2D eigenvalue weighted by Crippen LogP contribution is 2.22. The van der Waals surface area contributed by atoms with Gasteiger partial charge in [0, 0.05) is 25.3 Å². The third-order valence-electron chi connectivity index (χ3n) is 5.20. The van der Waals surface area contributed by atoms with Gasteiger partial charge in [-0.1, -0.05) is 31.2 Å².